The number of aromatic nitrogens is 2. The molecular weight excluding hydrogens is 730 g/mol. The van der Waals surface area contributed by atoms with Crippen molar-refractivity contribution in [3.05, 3.63) is 78.2 Å². The van der Waals surface area contributed by atoms with Gasteiger partial charge in [-0.3, -0.25) is 14.2 Å². The number of nitrogens with one attached hydrogen (secondary N) is 1. The van der Waals surface area contributed by atoms with Gasteiger partial charge in [0.2, 0.25) is 15.9 Å². The van der Waals surface area contributed by atoms with Crippen LogP contribution in [0.1, 0.15) is 0 Å². The summed E-state index contributed by atoms with van der Waals surface area (Å²) < 4.78 is 31.5. The summed E-state index contributed by atoms with van der Waals surface area (Å²) in [5.41, 5.74) is 1.19. The molecule has 9 nitrogen and oxygen atoms in total. The molecule has 1 amide bonds. The van der Waals surface area contributed by atoms with Crippen LogP contribution in [0.5, 0.6) is 5.75 Å². The van der Waals surface area contributed by atoms with E-state index in [1.165, 1.54) is 28.8 Å². The number of halogens is 2. The van der Waals surface area contributed by atoms with E-state index in [4.69, 9.17) is 14.9 Å². The molecule has 0 spiro atoms. The lowest BCUT2D eigenvalue weighted by atomic mass is 10.2. The first kappa shape index (κ1) is 26.8. The topological polar surface area (TPSA) is 133 Å². The molecule has 36 heavy (non-hydrogen) atoms. The first-order valence-corrected chi connectivity index (χ1v) is 14.9. The molecule has 4 aromatic rings. The van der Waals surface area contributed by atoms with Crippen molar-refractivity contribution in [3.8, 4) is 11.4 Å². The summed E-state index contributed by atoms with van der Waals surface area (Å²) in [5.74, 6) is 0.373. The van der Waals surface area contributed by atoms with Gasteiger partial charge in [0.25, 0.3) is 5.56 Å². The number of thioether (sulfide) groups is 1. The lowest BCUT2D eigenvalue weighted by Crippen LogP contribution is -2.23. The number of ether oxygens (including phenoxy) is 1. The van der Waals surface area contributed by atoms with Crippen LogP contribution in [-0.4, -0.2) is 36.7 Å². The highest BCUT2D eigenvalue weighted by molar-refractivity contribution is 14.1. The Hall–Kier alpha value is -2.21. The normalized spacial score (nSPS) is 11.4. The summed E-state index contributed by atoms with van der Waals surface area (Å²) in [4.78, 5) is 30.8. The fraction of sp³-hybridized carbons (Fsp3) is 0.0870. The third-order valence-corrected chi connectivity index (χ3v) is 8.30. The van der Waals surface area contributed by atoms with E-state index >= 15 is 0 Å². The fourth-order valence-electron chi connectivity index (χ4n) is 3.31. The van der Waals surface area contributed by atoms with E-state index in [1.807, 2.05) is 6.07 Å². The largest absolute Gasteiger partial charge is 0.497 e. The number of nitrogens with two attached hydrogens (primary N) is 1. The van der Waals surface area contributed by atoms with Crippen molar-refractivity contribution in [2.45, 2.75) is 10.1 Å². The Labute approximate surface area is 238 Å². The summed E-state index contributed by atoms with van der Waals surface area (Å²) >= 11 is 5.35. The fourth-order valence-corrected chi connectivity index (χ4v) is 6.59. The monoisotopic (exact) mass is 748 g/mol. The molecule has 1 heterocycles. The number of primary sulfonamides is 1. The summed E-state index contributed by atoms with van der Waals surface area (Å²) in [6.07, 6.45) is 0. The molecule has 186 valence electrons. The van der Waals surface area contributed by atoms with Crippen LogP contribution in [0.15, 0.2) is 75.5 Å². The maximum Gasteiger partial charge on any atom is 0.266 e. The molecule has 0 aliphatic carbocycles. The quantitative estimate of drug-likeness (QED) is 0.166. The van der Waals surface area contributed by atoms with Crippen molar-refractivity contribution in [1.29, 1.82) is 0 Å². The number of methoxy groups -OCH3 is 1. The molecule has 0 fully saturated rings. The number of sulfonamides is 1. The van der Waals surface area contributed by atoms with Crippen LogP contribution in [0.3, 0.4) is 0 Å². The molecule has 0 bridgehead atoms. The van der Waals surface area contributed by atoms with Crippen molar-refractivity contribution in [3.63, 3.8) is 0 Å². The van der Waals surface area contributed by atoms with E-state index in [0.29, 0.717) is 33.2 Å². The van der Waals surface area contributed by atoms with E-state index in [-0.39, 0.29) is 22.1 Å². The van der Waals surface area contributed by atoms with Gasteiger partial charge in [-0.15, -0.1) is 0 Å². The summed E-state index contributed by atoms with van der Waals surface area (Å²) in [6.45, 7) is 0. The molecule has 0 radical (unpaired) electrons. The second-order valence-electron chi connectivity index (χ2n) is 7.42. The number of hydrogen-bond acceptors (Lipinski definition) is 7. The molecule has 4 rings (SSSR count). The molecule has 0 aliphatic rings. The maximum absolute atomic E-state index is 13.6. The van der Waals surface area contributed by atoms with Crippen LogP contribution in [0.4, 0.5) is 5.69 Å². The van der Waals surface area contributed by atoms with Gasteiger partial charge in [-0.25, -0.2) is 18.5 Å². The number of fused-ring (bicyclic) bond motifs is 1. The summed E-state index contributed by atoms with van der Waals surface area (Å²) in [6, 6.07) is 16.2. The highest BCUT2D eigenvalue weighted by atomic mass is 127. The van der Waals surface area contributed by atoms with E-state index in [0.717, 1.165) is 18.9 Å². The lowest BCUT2D eigenvalue weighted by Gasteiger charge is -2.14. The zero-order chi connectivity index (χ0) is 26.0. The van der Waals surface area contributed by atoms with Gasteiger partial charge >= 0.3 is 0 Å². The Balaban J connectivity index is 1.72. The van der Waals surface area contributed by atoms with Gasteiger partial charge in [-0.2, -0.15) is 0 Å². The SMILES string of the molecule is COc1ccc(NC(=O)CSc2nc3c(I)cc(I)cc3c(=O)n2-c2ccc(S(N)(=O)=O)cc2)cc1. The number of anilines is 1. The molecule has 0 saturated carbocycles. The van der Waals surface area contributed by atoms with Gasteiger partial charge in [-0.1, -0.05) is 11.8 Å². The minimum absolute atomic E-state index is 0.0137. The average Bonchev–Trinajstić information content (AvgIpc) is 2.83. The van der Waals surface area contributed by atoms with Crippen LogP contribution in [0.2, 0.25) is 0 Å². The van der Waals surface area contributed by atoms with E-state index in [1.54, 1.807) is 37.4 Å². The molecule has 3 aromatic carbocycles. The molecule has 0 unspecified atom stereocenters. The van der Waals surface area contributed by atoms with Gasteiger partial charge in [-0.05, 0) is 106 Å². The van der Waals surface area contributed by atoms with Gasteiger partial charge in [0.05, 0.1) is 34.3 Å². The maximum atomic E-state index is 13.6. The van der Waals surface area contributed by atoms with Gasteiger partial charge in [0.1, 0.15) is 5.75 Å². The Morgan fingerprint density at radius 3 is 2.39 bits per heavy atom. The van der Waals surface area contributed by atoms with Crippen LogP contribution in [-0.2, 0) is 14.8 Å². The molecule has 0 atom stereocenters. The number of nitrogens with zero attached hydrogens (tertiary/aromatic N) is 2. The minimum Gasteiger partial charge on any atom is -0.497 e. The van der Waals surface area contributed by atoms with Crippen LogP contribution in [0, 0.1) is 7.14 Å². The Kier molecular flexibility index (Phi) is 8.23. The second kappa shape index (κ2) is 11.0. The second-order valence-corrected chi connectivity index (χ2v) is 12.3. The number of rotatable bonds is 7. The summed E-state index contributed by atoms with van der Waals surface area (Å²) in [5, 5.41) is 8.71. The molecule has 0 saturated heterocycles. The summed E-state index contributed by atoms with van der Waals surface area (Å²) in [7, 11) is -2.33. The van der Waals surface area contributed by atoms with Crippen molar-refractivity contribution in [1.82, 2.24) is 9.55 Å². The standard InChI is InChI=1S/C23H18I2N4O5S2/c1-34-16-6-2-14(3-7-16)27-20(30)12-35-23-28-21-18(10-13(24)11-19(21)25)22(31)29(23)15-4-8-17(9-5-15)36(26,32)33/h2-11H,12H2,1H3,(H,27,30)(H2,26,32,33). The Bertz CT molecular complexity index is 1620. The van der Waals surface area contributed by atoms with Crippen molar-refractivity contribution in [2.75, 3.05) is 18.2 Å². The smallest absolute Gasteiger partial charge is 0.266 e. The molecule has 1 aromatic heterocycles. The van der Waals surface area contributed by atoms with Crippen molar-refractivity contribution >= 4 is 89.5 Å². The molecular formula is C23H18I2N4O5S2. The third-order valence-electron chi connectivity index (χ3n) is 4.99. The predicted molar refractivity (Wildman–Crippen MR) is 156 cm³/mol. The van der Waals surface area contributed by atoms with Gasteiger partial charge in [0.15, 0.2) is 5.16 Å². The number of carbonyl (C=O) groups excluding carboxylic acids is 1. The van der Waals surface area contributed by atoms with E-state index < -0.39 is 10.0 Å². The number of benzene rings is 3. The van der Waals surface area contributed by atoms with Crippen LogP contribution < -0.4 is 20.8 Å². The van der Waals surface area contributed by atoms with Gasteiger partial charge in [0, 0.05) is 12.8 Å². The first-order valence-electron chi connectivity index (χ1n) is 10.2. The number of hydrogen-bond donors (Lipinski definition) is 2. The average molecular weight is 748 g/mol. The van der Waals surface area contributed by atoms with Crippen LogP contribution >= 0.6 is 56.9 Å². The number of carbonyl (C=O) groups is 1. The highest BCUT2D eigenvalue weighted by Crippen LogP contribution is 2.26. The van der Waals surface area contributed by atoms with E-state index in [9.17, 15) is 18.0 Å². The van der Waals surface area contributed by atoms with Crippen molar-refractivity contribution < 1.29 is 17.9 Å². The zero-order valence-corrected chi connectivity index (χ0v) is 24.5. The number of amides is 1. The Morgan fingerprint density at radius 1 is 1.11 bits per heavy atom. The molecule has 3 N–H and O–H groups in total. The minimum atomic E-state index is -3.89. The van der Waals surface area contributed by atoms with Crippen LogP contribution in [0.25, 0.3) is 16.6 Å². The van der Waals surface area contributed by atoms with E-state index in [2.05, 4.69) is 50.5 Å². The third kappa shape index (κ3) is 6.01. The Morgan fingerprint density at radius 2 is 1.78 bits per heavy atom. The molecule has 0 aliphatic heterocycles. The predicted octanol–water partition coefficient (Wildman–Crippen LogP) is 3.98. The first-order chi connectivity index (χ1) is 17.1. The highest BCUT2D eigenvalue weighted by Gasteiger charge is 2.18. The van der Waals surface area contributed by atoms with Gasteiger partial charge < -0.3 is 10.1 Å². The lowest BCUT2D eigenvalue weighted by molar-refractivity contribution is -0.113. The zero-order valence-electron chi connectivity index (χ0n) is 18.6. The van der Waals surface area contributed by atoms with Crippen molar-refractivity contribution in [2.24, 2.45) is 5.14 Å². The molecule has 13 heteroatoms.